The van der Waals surface area contributed by atoms with Crippen LogP contribution in [-0.4, -0.2) is 25.7 Å². The fourth-order valence-electron chi connectivity index (χ4n) is 1.85. The number of anilines is 1. The number of hydrogen-bond donors (Lipinski definition) is 0. The second-order valence-electron chi connectivity index (χ2n) is 3.74. The molecule has 2 rings (SSSR count). The minimum absolute atomic E-state index is 0.198. The molecule has 1 aromatic rings. The number of ether oxygens (including phenoxy) is 1. The number of rotatable bonds is 2. The van der Waals surface area contributed by atoms with Gasteiger partial charge >= 0.3 is 5.97 Å². The van der Waals surface area contributed by atoms with Crippen LogP contribution in [0.4, 0.5) is 10.1 Å². The lowest BCUT2D eigenvalue weighted by molar-refractivity contribution is -0.143. The maximum absolute atomic E-state index is 13.0. The second-order valence-corrected chi connectivity index (χ2v) is 4.55. The maximum Gasteiger partial charge on any atom is 0.328 e. The van der Waals surface area contributed by atoms with Gasteiger partial charge in [-0.15, -0.1) is 0 Å². The highest BCUT2D eigenvalue weighted by atomic mass is 35.5. The summed E-state index contributed by atoms with van der Waals surface area (Å²) in [6.07, 6.45) is 0.677. The molecule has 1 aliphatic heterocycles. The maximum atomic E-state index is 13.0. The molecule has 6 heteroatoms. The number of carbonyl (C=O) groups is 1. The van der Waals surface area contributed by atoms with Gasteiger partial charge in [0.25, 0.3) is 0 Å². The zero-order valence-corrected chi connectivity index (χ0v) is 10.6. The summed E-state index contributed by atoms with van der Waals surface area (Å²) in [7, 11) is 1.33. The van der Waals surface area contributed by atoms with E-state index >= 15 is 0 Å². The first kappa shape index (κ1) is 12.5. The minimum Gasteiger partial charge on any atom is -0.467 e. The first-order valence-electron chi connectivity index (χ1n) is 5.03. The Hall–Kier alpha value is -1.00. The number of halogens is 3. The Kier molecular flexibility index (Phi) is 3.45. The summed E-state index contributed by atoms with van der Waals surface area (Å²) >= 11 is 11.9. The van der Waals surface area contributed by atoms with Crippen LogP contribution in [0.2, 0.25) is 10.0 Å². The van der Waals surface area contributed by atoms with Gasteiger partial charge in [0.2, 0.25) is 0 Å². The van der Waals surface area contributed by atoms with E-state index in [1.54, 1.807) is 4.90 Å². The molecule has 0 bridgehead atoms. The number of carbonyl (C=O) groups excluding carboxylic acids is 1. The van der Waals surface area contributed by atoms with Crippen molar-refractivity contribution < 1.29 is 13.9 Å². The van der Waals surface area contributed by atoms with Crippen molar-refractivity contribution in [1.29, 1.82) is 0 Å². The number of methoxy groups -OCH3 is 1. The van der Waals surface area contributed by atoms with E-state index in [0.717, 1.165) is 0 Å². The third-order valence-electron chi connectivity index (χ3n) is 2.76. The second kappa shape index (κ2) is 4.70. The molecular formula is C11H10Cl2FNO2. The zero-order chi connectivity index (χ0) is 12.6. The van der Waals surface area contributed by atoms with Crippen molar-refractivity contribution in [3.63, 3.8) is 0 Å². The standard InChI is InChI=1S/C11H10Cl2FNO2/c1-17-11(16)9-2-3-15(9)10-7(12)4-6(14)5-8(10)13/h4-5,9H,2-3H2,1H3. The molecule has 0 aromatic heterocycles. The van der Waals surface area contributed by atoms with E-state index in [2.05, 4.69) is 4.74 Å². The summed E-state index contributed by atoms with van der Waals surface area (Å²) in [5, 5.41) is 0.396. The first-order valence-corrected chi connectivity index (χ1v) is 5.79. The van der Waals surface area contributed by atoms with Crippen LogP contribution < -0.4 is 4.90 Å². The third-order valence-corrected chi connectivity index (χ3v) is 3.34. The van der Waals surface area contributed by atoms with Gasteiger partial charge in [-0.05, 0) is 18.6 Å². The Morgan fingerprint density at radius 2 is 2.06 bits per heavy atom. The molecule has 3 nitrogen and oxygen atoms in total. The molecule has 1 fully saturated rings. The predicted molar refractivity (Wildman–Crippen MR) is 64.2 cm³/mol. The van der Waals surface area contributed by atoms with Crippen LogP contribution in [0.5, 0.6) is 0 Å². The summed E-state index contributed by atoms with van der Waals surface area (Å²) < 4.78 is 17.7. The number of hydrogen-bond acceptors (Lipinski definition) is 3. The topological polar surface area (TPSA) is 29.5 Å². The van der Waals surface area contributed by atoms with Crippen LogP contribution in [0.1, 0.15) is 6.42 Å². The number of esters is 1. The van der Waals surface area contributed by atoms with Gasteiger partial charge in [0.15, 0.2) is 0 Å². The Morgan fingerprint density at radius 3 is 2.47 bits per heavy atom. The van der Waals surface area contributed by atoms with E-state index in [-0.39, 0.29) is 22.1 Å². The van der Waals surface area contributed by atoms with Crippen LogP contribution in [0, 0.1) is 5.82 Å². The lowest BCUT2D eigenvalue weighted by Gasteiger charge is -2.41. The summed E-state index contributed by atoms with van der Waals surface area (Å²) in [6, 6.07) is 1.96. The average Bonchev–Trinajstić information content (AvgIpc) is 2.21. The zero-order valence-electron chi connectivity index (χ0n) is 9.04. The Morgan fingerprint density at radius 1 is 1.47 bits per heavy atom. The molecular weight excluding hydrogens is 268 g/mol. The molecule has 1 heterocycles. The van der Waals surface area contributed by atoms with Gasteiger partial charge in [-0.1, -0.05) is 23.2 Å². The largest absolute Gasteiger partial charge is 0.467 e. The van der Waals surface area contributed by atoms with Crippen molar-refractivity contribution >= 4 is 34.9 Å². The molecule has 0 amide bonds. The molecule has 1 atom stereocenters. The van der Waals surface area contributed by atoms with E-state index in [1.807, 2.05) is 0 Å². The summed E-state index contributed by atoms with van der Waals surface area (Å²) in [5.41, 5.74) is 0.483. The van der Waals surface area contributed by atoms with Gasteiger partial charge in [-0.3, -0.25) is 0 Å². The molecule has 92 valence electrons. The van der Waals surface area contributed by atoms with Crippen LogP contribution in [0.15, 0.2) is 12.1 Å². The molecule has 1 saturated heterocycles. The fraction of sp³-hybridized carbons (Fsp3) is 0.364. The van der Waals surface area contributed by atoms with Gasteiger partial charge in [0.05, 0.1) is 22.8 Å². The fourth-order valence-corrected chi connectivity index (χ4v) is 2.52. The monoisotopic (exact) mass is 277 g/mol. The van der Waals surface area contributed by atoms with Crippen LogP contribution in [0.25, 0.3) is 0 Å². The van der Waals surface area contributed by atoms with Crippen LogP contribution in [-0.2, 0) is 9.53 Å². The minimum atomic E-state index is -0.501. The molecule has 1 aliphatic rings. The van der Waals surface area contributed by atoms with Crippen molar-refractivity contribution in [1.82, 2.24) is 0 Å². The van der Waals surface area contributed by atoms with Gasteiger partial charge in [-0.25, -0.2) is 9.18 Å². The first-order chi connectivity index (χ1) is 8.04. The van der Waals surface area contributed by atoms with Gasteiger partial charge < -0.3 is 9.64 Å². The van der Waals surface area contributed by atoms with Crippen molar-refractivity contribution in [2.75, 3.05) is 18.6 Å². The number of nitrogens with zero attached hydrogens (tertiary/aromatic N) is 1. The van der Waals surface area contributed by atoms with Crippen molar-refractivity contribution in [3.05, 3.63) is 28.0 Å². The predicted octanol–water partition coefficient (Wildman–Crippen LogP) is 2.88. The van der Waals surface area contributed by atoms with E-state index in [9.17, 15) is 9.18 Å². The molecule has 0 N–H and O–H groups in total. The Labute approximate surface area is 108 Å². The highest BCUT2D eigenvalue weighted by Crippen LogP contribution is 2.39. The quantitative estimate of drug-likeness (QED) is 0.779. The number of benzene rings is 1. The van der Waals surface area contributed by atoms with E-state index < -0.39 is 5.82 Å². The van der Waals surface area contributed by atoms with Gasteiger partial charge in [0, 0.05) is 6.54 Å². The molecule has 17 heavy (non-hydrogen) atoms. The van der Waals surface area contributed by atoms with Gasteiger partial charge in [-0.2, -0.15) is 0 Å². The van der Waals surface area contributed by atoms with Crippen molar-refractivity contribution in [2.24, 2.45) is 0 Å². The summed E-state index contributed by atoms with van der Waals surface area (Å²) in [4.78, 5) is 13.2. The van der Waals surface area contributed by atoms with E-state index in [0.29, 0.717) is 18.7 Å². The van der Waals surface area contributed by atoms with Crippen molar-refractivity contribution in [2.45, 2.75) is 12.5 Å². The van der Waals surface area contributed by atoms with Crippen LogP contribution >= 0.6 is 23.2 Å². The van der Waals surface area contributed by atoms with E-state index in [1.165, 1.54) is 19.2 Å². The molecule has 0 spiro atoms. The molecule has 0 aliphatic carbocycles. The lowest BCUT2D eigenvalue weighted by Crippen LogP contribution is -2.53. The molecule has 1 aromatic carbocycles. The average molecular weight is 278 g/mol. The Bertz CT molecular complexity index is 444. The highest BCUT2D eigenvalue weighted by Gasteiger charge is 2.37. The molecule has 1 unspecified atom stereocenters. The lowest BCUT2D eigenvalue weighted by atomic mass is 10.0. The summed E-state index contributed by atoms with van der Waals surface area (Å²) in [6.45, 7) is 0.644. The third kappa shape index (κ3) is 2.19. The van der Waals surface area contributed by atoms with Crippen LogP contribution in [0.3, 0.4) is 0 Å². The molecule has 0 radical (unpaired) electrons. The highest BCUT2D eigenvalue weighted by molar-refractivity contribution is 6.39. The van der Waals surface area contributed by atoms with E-state index in [4.69, 9.17) is 23.2 Å². The summed E-state index contributed by atoms with van der Waals surface area (Å²) in [5.74, 6) is -0.841. The SMILES string of the molecule is COC(=O)C1CCN1c1c(Cl)cc(F)cc1Cl. The van der Waals surface area contributed by atoms with Crippen molar-refractivity contribution in [3.8, 4) is 0 Å². The Balaban J connectivity index is 2.32. The van der Waals surface area contributed by atoms with Gasteiger partial charge in [0.1, 0.15) is 11.9 Å². The smallest absolute Gasteiger partial charge is 0.328 e. The normalized spacial score (nSPS) is 18.8. The molecule has 0 saturated carbocycles.